The minimum atomic E-state index is -0.446. The van der Waals surface area contributed by atoms with Gasteiger partial charge in [0.2, 0.25) is 5.91 Å². The molecule has 2 fully saturated rings. The molecule has 2 saturated heterocycles. The molecule has 9 heteroatoms. The second-order valence-corrected chi connectivity index (χ2v) is 8.35. The molecule has 3 heterocycles. The van der Waals surface area contributed by atoms with Gasteiger partial charge in [0, 0.05) is 37.7 Å². The number of ether oxygens (including phenoxy) is 2. The summed E-state index contributed by atoms with van der Waals surface area (Å²) in [5.74, 6) is -0.558. The molecule has 0 bridgehead atoms. The van der Waals surface area contributed by atoms with Crippen LogP contribution < -0.4 is 5.32 Å². The Morgan fingerprint density at radius 1 is 1.21 bits per heavy atom. The topological polar surface area (TPSA) is 88.2 Å². The maximum Gasteiger partial charge on any atom is 0.341 e. The van der Waals surface area contributed by atoms with Gasteiger partial charge in [0.25, 0.3) is 5.91 Å². The summed E-state index contributed by atoms with van der Waals surface area (Å²) in [5.41, 5.74) is 1.25. The van der Waals surface area contributed by atoms with Crippen molar-refractivity contribution in [3.8, 4) is 0 Å². The van der Waals surface area contributed by atoms with Gasteiger partial charge < -0.3 is 19.7 Å². The van der Waals surface area contributed by atoms with E-state index in [1.165, 1.54) is 18.4 Å². The maximum atomic E-state index is 12.5. The Bertz CT molecular complexity index is 749. The first-order valence-corrected chi connectivity index (χ1v) is 10.3. The van der Waals surface area contributed by atoms with Crippen LogP contribution in [0.15, 0.2) is 0 Å². The molecule has 0 radical (unpaired) electrons. The van der Waals surface area contributed by atoms with Crippen LogP contribution in [0.25, 0.3) is 0 Å². The van der Waals surface area contributed by atoms with E-state index in [1.54, 1.807) is 0 Å². The quantitative estimate of drug-likeness (QED) is 0.740. The van der Waals surface area contributed by atoms with E-state index < -0.39 is 5.97 Å². The number of hydrogen-bond donors (Lipinski definition) is 1. The number of carbonyl (C=O) groups excluding carboxylic acids is 3. The predicted molar refractivity (Wildman–Crippen MR) is 106 cm³/mol. The highest BCUT2D eigenvalue weighted by molar-refractivity contribution is 7.16. The van der Waals surface area contributed by atoms with Crippen LogP contribution in [0.2, 0.25) is 0 Å². The van der Waals surface area contributed by atoms with Crippen LogP contribution in [0.1, 0.15) is 33.6 Å². The second-order valence-electron chi connectivity index (χ2n) is 7.13. The number of nitrogens with zero attached hydrogens (tertiary/aromatic N) is 2. The van der Waals surface area contributed by atoms with Gasteiger partial charge in [-0.15, -0.1) is 11.3 Å². The normalized spacial score (nSPS) is 20.2. The predicted octanol–water partition coefficient (Wildman–Crippen LogP) is 1.41. The number of hydrogen-bond acceptors (Lipinski definition) is 7. The molecule has 2 amide bonds. The maximum absolute atomic E-state index is 12.5. The number of esters is 1. The lowest BCUT2D eigenvalue weighted by Gasteiger charge is -2.35. The van der Waals surface area contributed by atoms with Crippen molar-refractivity contribution in [1.82, 2.24) is 9.80 Å². The fourth-order valence-electron chi connectivity index (χ4n) is 3.53. The number of piperazine rings is 1. The zero-order valence-electron chi connectivity index (χ0n) is 16.6. The van der Waals surface area contributed by atoms with E-state index in [0.717, 1.165) is 23.3 Å². The zero-order chi connectivity index (χ0) is 20.3. The first kappa shape index (κ1) is 20.8. The molecule has 1 atom stereocenters. The minimum Gasteiger partial charge on any atom is -0.465 e. The molecular formula is C19H27N3O5S. The van der Waals surface area contributed by atoms with E-state index in [0.29, 0.717) is 43.4 Å². The van der Waals surface area contributed by atoms with Crippen LogP contribution in [0.5, 0.6) is 0 Å². The summed E-state index contributed by atoms with van der Waals surface area (Å²) >= 11 is 1.38. The largest absolute Gasteiger partial charge is 0.465 e. The van der Waals surface area contributed by atoms with Gasteiger partial charge in [0.1, 0.15) is 11.1 Å². The van der Waals surface area contributed by atoms with E-state index in [9.17, 15) is 14.4 Å². The summed E-state index contributed by atoms with van der Waals surface area (Å²) < 4.78 is 10.3. The van der Waals surface area contributed by atoms with E-state index in [2.05, 4.69) is 5.32 Å². The summed E-state index contributed by atoms with van der Waals surface area (Å²) in [6.07, 6.45) is 1.44. The smallest absolute Gasteiger partial charge is 0.341 e. The monoisotopic (exact) mass is 409 g/mol. The highest BCUT2D eigenvalue weighted by Gasteiger charge is 2.31. The van der Waals surface area contributed by atoms with Gasteiger partial charge >= 0.3 is 5.97 Å². The first-order valence-electron chi connectivity index (χ1n) is 9.51. The van der Waals surface area contributed by atoms with E-state index in [1.807, 2.05) is 23.6 Å². The summed E-state index contributed by atoms with van der Waals surface area (Å²) in [5, 5.41) is 3.38. The standard InChI is InChI=1S/C19H27N3O5S/c1-12-13(2)28-17(16(12)19(25)26-3)20-15(23)11-21-6-8-22(9-7-21)18(24)14-5-4-10-27-14/h14H,4-11H2,1-3H3,(H,20,23). The molecular weight excluding hydrogens is 382 g/mol. The molecule has 28 heavy (non-hydrogen) atoms. The lowest BCUT2D eigenvalue weighted by Crippen LogP contribution is -2.52. The molecule has 2 aliphatic rings. The molecule has 1 aromatic rings. The average molecular weight is 410 g/mol. The molecule has 1 unspecified atom stereocenters. The summed E-state index contributed by atoms with van der Waals surface area (Å²) in [7, 11) is 1.33. The SMILES string of the molecule is COC(=O)c1c(NC(=O)CN2CCN(C(=O)C3CCCO3)CC2)sc(C)c1C. The van der Waals surface area contributed by atoms with Crippen molar-refractivity contribution in [3.63, 3.8) is 0 Å². The third-order valence-electron chi connectivity index (χ3n) is 5.28. The third kappa shape index (κ3) is 4.53. The Morgan fingerprint density at radius 3 is 2.54 bits per heavy atom. The Labute approximate surface area is 168 Å². The highest BCUT2D eigenvalue weighted by Crippen LogP contribution is 2.32. The minimum absolute atomic E-state index is 0.0638. The molecule has 0 saturated carbocycles. The highest BCUT2D eigenvalue weighted by atomic mass is 32.1. The van der Waals surface area contributed by atoms with E-state index in [-0.39, 0.29) is 24.5 Å². The number of carbonyl (C=O) groups is 3. The Balaban J connectivity index is 1.52. The van der Waals surface area contributed by atoms with Crippen molar-refractivity contribution in [3.05, 3.63) is 16.0 Å². The summed E-state index contributed by atoms with van der Waals surface area (Å²) in [6.45, 7) is 7.10. The molecule has 0 spiro atoms. The lowest BCUT2D eigenvalue weighted by molar-refractivity contribution is -0.142. The van der Waals surface area contributed by atoms with Gasteiger partial charge in [0.15, 0.2) is 0 Å². The van der Waals surface area contributed by atoms with Crippen LogP contribution in [0.3, 0.4) is 0 Å². The van der Waals surface area contributed by atoms with Crippen molar-refractivity contribution in [2.24, 2.45) is 0 Å². The average Bonchev–Trinajstić information content (AvgIpc) is 3.30. The van der Waals surface area contributed by atoms with E-state index in [4.69, 9.17) is 9.47 Å². The molecule has 1 N–H and O–H groups in total. The third-order valence-corrected chi connectivity index (χ3v) is 6.41. The number of aryl methyl sites for hydroxylation is 1. The van der Waals surface area contributed by atoms with Crippen molar-refractivity contribution in [2.45, 2.75) is 32.8 Å². The van der Waals surface area contributed by atoms with Crippen molar-refractivity contribution < 1.29 is 23.9 Å². The van der Waals surface area contributed by atoms with Crippen LogP contribution in [0.4, 0.5) is 5.00 Å². The lowest BCUT2D eigenvalue weighted by atomic mass is 10.1. The van der Waals surface area contributed by atoms with Crippen LogP contribution in [0, 0.1) is 13.8 Å². The van der Waals surface area contributed by atoms with Gasteiger partial charge in [0.05, 0.1) is 19.2 Å². The van der Waals surface area contributed by atoms with Crippen molar-refractivity contribution in [1.29, 1.82) is 0 Å². The molecule has 154 valence electrons. The second kappa shape index (κ2) is 9.02. The molecule has 0 aliphatic carbocycles. The van der Waals surface area contributed by atoms with Crippen molar-refractivity contribution >= 4 is 34.1 Å². The van der Waals surface area contributed by atoms with Gasteiger partial charge in [-0.3, -0.25) is 14.5 Å². The van der Waals surface area contributed by atoms with E-state index >= 15 is 0 Å². The van der Waals surface area contributed by atoms with Crippen LogP contribution in [-0.2, 0) is 19.1 Å². The zero-order valence-corrected chi connectivity index (χ0v) is 17.4. The molecule has 2 aliphatic heterocycles. The summed E-state index contributed by atoms with van der Waals surface area (Å²) in [4.78, 5) is 41.7. The Morgan fingerprint density at radius 2 is 1.93 bits per heavy atom. The number of anilines is 1. The molecule has 0 aromatic carbocycles. The number of nitrogens with one attached hydrogen (secondary N) is 1. The molecule has 8 nitrogen and oxygen atoms in total. The summed E-state index contributed by atoms with van der Waals surface area (Å²) in [6, 6.07) is 0. The number of rotatable bonds is 5. The first-order chi connectivity index (χ1) is 13.4. The Kier molecular flexibility index (Phi) is 6.69. The molecule has 3 rings (SSSR count). The van der Waals surface area contributed by atoms with Gasteiger partial charge in [-0.25, -0.2) is 4.79 Å². The Hall–Kier alpha value is -1.97. The fraction of sp³-hybridized carbons (Fsp3) is 0.632. The fourth-order valence-corrected chi connectivity index (χ4v) is 4.60. The van der Waals surface area contributed by atoms with Crippen LogP contribution in [-0.4, -0.2) is 80.1 Å². The van der Waals surface area contributed by atoms with Gasteiger partial charge in [-0.05, 0) is 32.3 Å². The number of methoxy groups -OCH3 is 1. The number of amides is 2. The van der Waals surface area contributed by atoms with Crippen LogP contribution >= 0.6 is 11.3 Å². The molecule has 1 aromatic heterocycles. The van der Waals surface area contributed by atoms with Crippen molar-refractivity contribution in [2.75, 3.05) is 51.8 Å². The number of thiophene rings is 1. The van der Waals surface area contributed by atoms with Gasteiger partial charge in [-0.1, -0.05) is 0 Å². The van der Waals surface area contributed by atoms with Gasteiger partial charge in [-0.2, -0.15) is 0 Å².